The van der Waals surface area contributed by atoms with E-state index in [1.165, 1.54) is 0 Å². The van der Waals surface area contributed by atoms with Crippen molar-refractivity contribution in [1.82, 2.24) is 0 Å². The van der Waals surface area contributed by atoms with Gasteiger partial charge in [0.25, 0.3) is 0 Å². The number of benzene rings is 1. The topological polar surface area (TPSA) is 116 Å². The maximum absolute atomic E-state index is 12.1. The van der Waals surface area contributed by atoms with Crippen molar-refractivity contribution in [1.29, 1.82) is 0 Å². The van der Waals surface area contributed by atoms with Gasteiger partial charge >= 0.3 is 17.7 Å². The molecule has 0 heterocycles. The Bertz CT molecular complexity index is 660. The van der Waals surface area contributed by atoms with Crippen LogP contribution in [0.3, 0.4) is 0 Å². The van der Waals surface area contributed by atoms with Crippen molar-refractivity contribution >= 4 is 23.4 Å². The van der Waals surface area contributed by atoms with Crippen LogP contribution in [0.15, 0.2) is 24.3 Å². The van der Waals surface area contributed by atoms with Crippen molar-refractivity contribution in [3.63, 3.8) is 0 Å². The molecule has 1 aromatic carbocycles. The molecule has 0 radical (unpaired) electrons. The van der Waals surface area contributed by atoms with Crippen molar-refractivity contribution in [2.75, 3.05) is 14.2 Å². The number of ketones is 1. The Labute approximate surface area is 138 Å². The lowest BCUT2D eigenvalue weighted by Gasteiger charge is -2.21. The molecule has 0 aliphatic rings. The van der Waals surface area contributed by atoms with Gasteiger partial charge in [-0.05, 0) is 19.4 Å². The predicted molar refractivity (Wildman–Crippen MR) is 82.5 cm³/mol. The van der Waals surface area contributed by atoms with E-state index in [4.69, 9.17) is 0 Å². The lowest BCUT2D eigenvalue weighted by Crippen LogP contribution is -2.40. The van der Waals surface area contributed by atoms with Gasteiger partial charge in [0.1, 0.15) is 17.6 Å². The van der Waals surface area contributed by atoms with Crippen molar-refractivity contribution in [3.8, 4) is 0 Å². The van der Waals surface area contributed by atoms with Crippen LogP contribution in [-0.2, 0) is 23.9 Å². The molecule has 130 valence electrons. The van der Waals surface area contributed by atoms with Crippen LogP contribution in [0.2, 0.25) is 0 Å². The number of hydrogen-bond donors (Lipinski definition) is 1. The summed E-state index contributed by atoms with van der Waals surface area (Å²) in [6.45, 7) is 2.95. The van der Waals surface area contributed by atoms with E-state index in [0.717, 1.165) is 26.7 Å². The van der Waals surface area contributed by atoms with Crippen molar-refractivity contribution < 1.29 is 34.0 Å². The number of nitrogens with zero attached hydrogens (tertiary/aromatic N) is 1. The first kappa shape index (κ1) is 19.1. The lowest BCUT2D eigenvalue weighted by molar-refractivity contribution is -0.726. The Morgan fingerprint density at radius 1 is 1.12 bits per heavy atom. The van der Waals surface area contributed by atoms with Crippen LogP contribution in [-0.4, -0.2) is 47.8 Å². The first-order chi connectivity index (χ1) is 11.2. The third kappa shape index (κ3) is 4.09. The number of esters is 2. The van der Waals surface area contributed by atoms with Gasteiger partial charge in [0, 0.05) is 4.90 Å². The summed E-state index contributed by atoms with van der Waals surface area (Å²) in [4.78, 5) is 35.3. The molecule has 0 aromatic heterocycles. The molecule has 24 heavy (non-hydrogen) atoms. The molecular weight excluding hydrogens is 318 g/mol. The summed E-state index contributed by atoms with van der Waals surface area (Å²) >= 11 is 0. The Balaban J connectivity index is 3.65. The average molecular weight is 337 g/mol. The fourth-order valence-corrected chi connectivity index (χ4v) is 2.37. The molecule has 0 fully saturated rings. The summed E-state index contributed by atoms with van der Waals surface area (Å²) in [5.74, 6) is -5.57. The Hall–Kier alpha value is -2.90. The van der Waals surface area contributed by atoms with Crippen molar-refractivity contribution in [2.45, 2.75) is 19.8 Å². The first-order valence-electron chi connectivity index (χ1n) is 7.00. The highest BCUT2D eigenvalue weighted by Crippen LogP contribution is 2.29. The van der Waals surface area contributed by atoms with Crippen LogP contribution in [0.25, 0.3) is 0 Å². The highest BCUT2D eigenvalue weighted by atomic mass is 16.8. The number of ether oxygens (including phenoxy) is 2. The minimum atomic E-state index is -1.49. The molecule has 0 aliphatic heterocycles. The maximum Gasteiger partial charge on any atom is 0.405 e. The molecule has 0 saturated heterocycles. The van der Waals surface area contributed by atoms with E-state index in [1.807, 2.05) is 6.92 Å². The number of Topliss-reactive ketones (excluding diaryl/α,β-unsaturated/α-hetero) is 1. The van der Waals surface area contributed by atoms with Crippen LogP contribution in [0, 0.1) is 18.0 Å². The third-order valence-corrected chi connectivity index (χ3v) is 3.56. The highest BCUT2D eigenvalue weighted by Gasteiger charge is 2.46. The van der Waals surface area contributed by atoms with Gasteiger partial charge in [-0.2, -0.15) is 0 Å². The number of carbonyl (C=O) groups excluding carboxylic acids is 3. The minimum Gasteiger partial charge on any atom is -0.468 e. The van der Waals surface area contributed by atoms with Crippen molar-refractivity contribution in [2.24, 2.45) is 5.92 Å². The second-order valence-electron chi connectivity index (χ2n) is 5.15. The number of carbonyl (C=O) groups is 3. The van der Waals surface area contributed by atoms with Crippen LogP contribution >= 0.6 is 0 Å². The second-order valence-corrected chi connectivity index (χ2v) is 5.15. The molecule has 0 bridgehead atoms. The standard InChI is InChI=1S/C16H19NO7/c1-9-5-7-11(8-6-9)13(12(10(2)18)15(19)23-3)14(17(21)22)16(20)24-4/h5-8,12-13H,1-4H3,(H,21,22). The lowest BCUT2D eigenvalue weighted by atomic mass is 9.80. The fraction of sp³-hybridized carbons (Fsp3) is 0.375. The molecule has 8 nitrogen and oxygen atoms in total. The third-order valence-electron chi connectivity index (χ3n) is 3.56. The largest absolute Gasteiger partial charge is 0.468 e. The van der Waals surface area contributed by atoms with E-state index >= 15 is 0 Å². The highest BCUT2D eigenvalue weighted by molar-refractivity contribution is 6.37. The zero-order valence-electron chi connectivity index (χ0n) is 13.8. The zero-order chi connectivity index (χ0) is 18.4. The quantitative estimate of drug-likeness (QED) is 0.205. The van der Waals surface area contributed by atoms with Gasteiger partial charge < -0.3 is 14.7 Å². The number of aryl methyl sites for hydroxylation is 1. The molecular formula is C16H19NO7. The van der Waals surface area contributed by atoms with Crippen LogP contribution in [0.1, 0.15) is 24.0 Å². The molecule has 1 aromatic rings. The Morgan fingerprint density at radius 2 is 1.67 bits per heavy atom. The first-order valence-corrected chi connectivity index (χ1v) is 7.00. The van der Waals surface area contributed by atoms with Gasteiger partial charge in [0.05, 0.1) is 14.2 Å². The van der Waals surface area contributed by atoms with E-state index in [0.29, 0.717) is 5.56 Å². The van der Waals surface area contributed by atoms with E-state index in [2.05, 4.69) is 9.47 Å². The minimum absolute atomic E-state index is 0.307. The smallest absolute Gasteiger partial charge is 0.405 e. The summed E-state index contributed by atoms with van der Waals surface area (Å²) < 4.78 is 9.12. The van der Waals surface area contributed by atoms with Gasteiger partial charge in [0.15, 0.2) is 0 Å². The van der Waals surface area contributed by atoms with Gasteiger partial charge in [0.2, 0.25) is 0 Å². The molecule has 0 amide bonds. The molecule has 2 atom stereocenters. The van der Waals surface area contributed by atoms with Gasteiger partial charge in [-0.1, -0.05) is 29.8 Å². The number of hydrogen-bond acceptors (Lipinski definition) is 7. The fourth-order valence-electron chi connectivity index (χ4n) is 2.37. The summed E-state index contributed by atoms with van der Waals surface area (Å²) in [7, 11) is 2.09. The van der Waals surface area contributed by atoms with Crippen LogP contribution < -0.4 is 0 Å². The predicted octanol–water partition coefficient (Wildman–Crippen LogP) is 0.970. The van der Waals surface area contributed by atoms with Crippen molar-refractivity contribution in [3.05, 3.63) is 40.6 Å². The molecule has 0 spiro atoms. The number of rotatable bonds is 6. The Morgan fingerprint density at radius 3 is 2.04 bits per heavy atom. The summed E-state index contributed by atoms with van der Waals surface area (Å²) in [5, 5.41) is 20.9. The van der Waals surface area contributed by atoms with E-state index in [9.17, 15) is 24.8 Å². The van der Waals surface area contributed by atoms with Crippen LogP contribution in [0.4, 0.5) is 0 Å². The van der Waals surface area contributed by atoms with E-state index < -0.39 is 40.2 Å². The molecule has 1 N–H and O–H groups in total. The SMILES string of the molecule is COC(=O)C(C(c1ccc(C)cc1)C(C(C)=O)C(=O)OC)=[N+]([O-])O. The van der Waals surface area contributed by atoms with Crippen LogP contribution in [0.5, 0.6) is 0 Å². The molecule has 0 aliphatic carbocycles. The van der Waals surface area contributed by atoms with Gasteiger partial charge in [-0.25, -0.2) is 4.79 Å². The zero-order valence-corrected chi connectivity index (χ0v) is 13.8. The van der Waals surface area contributed by atoms with Gasteiger partial charge in [-0.3, -0.25) is 14.8 Å². The number of methoxy groups -OCH3 is 2. The summed E-state index contributed by atoms with van der Waals surface area (Å²) in [6, 6.07) is 6.45. The normalized spacial score (nSPS) is 14.2. The second kappa shape index (κ2) is 8.09. The van der Waals surface area contributed by atoms with E-state index in [-0.39, 0.29) is 0 Å². The summed E-state index contributed by atoms with van der Waals surface area (Å²) in [5.41, 5.74) is 0.408. The molecule has 1 rings (SSSR count). The average Bonchev–Trinajstić information content (AvgIpc) is 2.53. The Kier molecular flexibility index (Phi) is 6.46. The van der Waals surface area contributed by atoms with Gasteiger partial charge in [-0.15, -0.1) is 0 Å². The molecule has 2 unspecified atom stereocenters. The molecule has 0 saturated carbocycles. The summed E-state index contributed by atoms with van der Waals surface area (Å²) in [6.07, 6.45) is 0. The molecule has 8 heteroatoms. The van der Waals surface area contributed by atoms with E-state index in [1.54, 1.807) is 24.3 Å². The maximum atomic E-state index is 12.1. The monoisotopic (exact) mass is 337 g/mol.